The third-order valence-corrected chi connectivity index (χ3v) is 3.24. The Hall–Kier alpha value is -1.81. The molecule has 0 fully saturated rings. The molecule has 0 saturated carbocycles. The van der Waals surface area contributed by atoms with Crippen molar-refractivity contribution in [2.24, 2.45) is 0 Å². The van der Waals surface area contributed by atoms with E-state index in [1.54, 1.807) is 36.4 Å². The summed E-state index contributed by atoms with van der Waals surface area (Å²) < 4.78 is 12.7. The van der Waals surface area contributed by atoms with Gasteiger partial charge in [-0.3, -0.25) is 0 Å². The molecule has 1 N–H and O–H groups in total. The van der Waals surface area contributed by atoms with E-state index in [1.807, 2.05) is 0 Å². The minimum atomic E-state index is -0.963. The molecule has 0 unspecified atom stereocenters. The quantitative estimate of drug-likeness (QED) is 0.900. The van der Waals surface area contributed by atoms with Gasteiger partial charge < -0.3 is 5.11 Å². The van der Waals surface area contributed by atoms with Crippen LogP contribution in [0.1, 0.15) is 10.4 Å². The van der Waals surface area contributed by atoms with E-state index in [4.69, 9.17) is 5.11 Å². The number of halogens is 1. The van der Waals surface area contributed by atoms with Crippen LogP contribution in [0, 0.1) is 5.82 Å². The van der Waals surface area contributed by atoms with E-state index in [-0.39, 0.29) is 11.4 Å². The Labute approximate surface area is 102 Å². The molecule has 0 radical (unpaired) electrons. The van der Waals surface area contributed by atoms with Gasteiger partial charge in [-0.2, -0.15) is 0 Å². The zero-order valence-electron chi connectivity index (χ0n) is 8.76. The minimum absolute atomic E-state index is 0.252. The second kappa shape index (κ2) is 5.01. The second-order valence-corrected chi connectivity index (χ2v) is 4.47. The lowest BCUT2D eigenvalue weighted by Gasteiger charge is -2.05. The Kier molecular flexibility index (Phi) is 3.44. The molecule has 0 aliphatic rings. The summed E-state index contributed by atoms with van der Waals surface area (Å²) in [5, 5.41) is 9.01. The molecular weight excluding hydrogens is 239 g/mol. The van der Waals surface area contributed by atoms with Crippen LogP contribution in [0.15, 0.2) is 58.3 Å². The van der Waals surface area contributed by atoms with Crippen LogP contribution in [0.4, 0.5) is 4.39 Å². The van der Waals surface area contributed by atoms with Gasteiger partial charge in [0.25, 0.3) is 0 Å². The van der Waals surface area contributed by atoms with Gasteiger partial charge in [-0.1, -0.05) is 23.9 Å². The highest BCUT2D eigenvalue weighted by molar-refractivity contribution is 7.99. The summed E-state index contributed by atoms with van der Waals surface area (Å²) in [5.41, 5.74) is 0.252. The Morgan fingerprint density at radius 2 is 1.71 bits per heavy atom. The standard InChI is InChI=1S/C13H9FO2S/c14-9-5-7-10(8-6-9)17-12-4-2-1-3-11(12)13(15)16/h1-8H,(H,15,16). The first-order valence-electron chi connectivity index (χ1n) is 4.92. The molecule has 0 aromatic heterocycles. The number of hydrogen-bond acceptors (Lipinski definition) is 2. The average Bonchev–Trinajstić information content (AvgIpc) is 2.32. The lowest BCUT2D eigenvalue weighted by molar-refractivity contribution is 0.0693. The highest BCUT2D eigenvalue weighted by Gasteiger charge is 2.09. The monoisotopic (exact) mass is 248 g/mol. The predicted octanol–water partition coefficient (Wildman–Crippen LogP) is 3.68. The molecule has 4 heteroatoms. The van der Waals surface area contributed by atoms with Crippen molar-refractivity contribution in [1.29, 1.82) is 0 Å². The topological polar surface area (TPSA) is 37.3 Å². The summed E-state index contributed by atoms with van der Waals surface area (Å²) >= 11 is 1.30. The van der Waals surface area contributed by atoms with Gasteiger partial charge in [0.1, 0.15) is 5.82 Å². The van der Waals surface area contributed by atoms with Crippen LogP contribution in [0.3, 0.4) is 0 Å². The van der Waals surface area contributed by atoms with Crippen molar-refractivity contribution in [3.05, 3.63) is 59.9 Å². The largest absolute Gasteiger partial charge is 0.478 e. The van der Waals surface area contributed by atoms with Gasteiger partial charge in [-0.15, -0.1) is 0 Å². The zero-order valence-corrected chi connectivity index (χ0v) is 9.58. The Bertz CT molecular complexity index is 537. The molecule has 0 aliphatic carbocycles. The van der Waals surface area contributed by atoms with Crippen molar-refractivity contribution in [3.8, 4) is 0 Å². The van der Waals surface area contributed by atoms with Crippen molar-refractivity contribution in [2.45, 2.75) is 9.79 Å². The SMILES string of the molecule is O=C(O)c1ccccc1Sc1ccc(F)cc1. The van der Waals surface area contributed by atoms with Crippen LogP contribution in [0.25, 0.3) is 0 Å². The molecule has 2 aromatic rings. The third-order valence-electron chi connectivity index (χ3n) is 2.16. The van der Waals surface area contributed by atoms with Gasteiger partial charge >= 0.3 is 5.97 Å². The number of aromatic carboxylic acids is 1. The molecule has 86 valence electrons. The Morgan fingerprint density at radius 1 is 1.06 bits per heavy atom. The highest BCUT2D eigenvalue weighted by atomic mass is 32.2. The fraction of sp³-hybridized carbons (Fsp3) is 0. The predicted molar refractivity (Wildman–Crippen MR) is 63.9 cm³/mol. The van der Waals surface area contributed by atoms with E-state index in [0.717, 1.165) is 4.90 Å². The van der Waals surface area contributed by atoms with Gasteiger partial charge in [0.2, 0.25) is 0 Å². The fourth-order valence-corrected chi connectivity index (χ4v) is 2.30. The molecule has 2 nitrogen and oxygen atoms in total. The average molecular weight is 248 g/mol. The highest BCUT2D eigenvalue weighted by Crippen LogP contribution is 2.30. The van der Waals surface area contributed by atoms with Gasteiger partial charge in [-0.25, -0.2) is 9.18 Å². The smallest absolute Gasteiger partial charge is 0.336 e. The molecule has 0 atom stereocenters. The third kappa shape index (κ3) is 2.85. The Morgan fingerprint density at radius 3 is 2.35 bits per heavy atom. The molecular formula is C13H9FO2S. The van der Waals surface area contributed by atoms with Crippen LogP contribution in [0.5, 0.6) is 0 Å². The minimum Gasteiger partial charge on any atom is -0.478 e. The normalized spacial score (nSPS) is 10.2. The fourth-order valence-electron chi connectivity index (χ4n) is 1.36. The summed E-state index contributed by atoms with van der Waals surface area (Å²) in [6.45, 7) is 0. The summed E-state index contributed by atoms with van der Waals surface area (Å²) in [4.78, 5) is 12.4. The number of carboxylic acids is 1. The first-order chi connectivity index (χ1) is 8.16. The molecule has 0 heterocycles. The van der Waals surface area contributed by atoms with Crippen LogP contribution in [0.2, 0.25) is 0 Å². The van der Waals surface area contributed by atoms with E-state index in [1.165, 1.54) is 23.9 Å². The van der Waals surface area contributed by atoms with E-state index < -0.39 is 5.97 Å². The van der Waals surface area contributed by atoms with Crippen LogP contribution in [-0.2, 0) is 0 Å². The molecule has 2 aromatic carbocycles. The van der Waals surface area contributed by atoms with Crippen LogP contribution in [-0.4, -0.2) is 11.1 Å². The molecule has 0 aliphatic heterocycles. The molecule has 0 amide bonds. The van der Waals surface area contributed by atoms with E-state index in [9.17, 15) is 9.18 Å². The maximum Gasteiger partial charge on any atom is 0.336 e. The molecule has 2 rings (SSSR count). The molecule has 0 bridgehead atoms. The summed E-state index contributed by atoms with van der Waals surface area (Å²) in [7, 11) is 0. The molecule has 0 saturated heterocycles. The number of carbonyl (C=O) groups is 1. The van der Waals surface area contributed by atoms with Gasteiger partial charge in [0.05, 0.1) is 5.56 Å². The van der Waals surface area contributed by atoms with Crippen LogP contribution < -0.4 is 0 Å². The molecule has 17 heavy (non-hydrogen) atoms. The summed E-state index contributed by atoms with van der Waals surface area (Å²) in [6.07, 6.45) is 0. The number of carboxylic acid groups (broad SMARTS) is 1. The maximum absolute atomic E-state index is 12.7. The van der Waals surface area contributed by atoms with Crippen molar-refractivity contribution < 1.29 is 14.3 Å². The van der Waals surface area contributed by atoms with Gasteiger partial charge in [0, 0.05) is 9.79 Å². The van der Waals surface area contributed by atoms with E-state index in [0.29, 0.717) is 4.90 Å². The van der Waals surface area contributed by atoms with E-state index in [2.05, 4.69) is 0 Å². The Balaban J connectivity index is 2.30. The van der Waals surface area contributed by atoms with Crippen molar-refractivity contribution in [3.63, 3.8) is 0 Å². The number of benzene rings is 2. The second-order valence-electron chi connectivity index (χ2n) is 3.36. The van der Waals surface area contributed by atoms with Crippen LogP contribution >= 0.6 is 11.8 Å². The lowest BCUT2D eigenvalue weighted by Crippen LogP contribution is -1.97. The number of hydrogen-bond donors (Lipinski definition) is 1. The first kappa shape index (κ1) is 11.7. The first-order valence-corrected chi connectivity index (χ1v) is 5.74. The molecule has 0 spiro atoms. The van der Waals surface area contributed by atoms with E-state index >= 15 is 0 Å². The van der Waals surface area contributed by atoms with Gasteiger partial charge in [0.15, 0.2) is 0 Å². The van der Waals surface area contributed by atoms with Crippen molar-refractivity contribution in [2.75, 3.05) is 0 Å². The maximum atomic E-state index is 12.7. The lowest BCUT2D eigenvalue weighted by atomic mass is 10.2. The van der Waals surface area contributed by atoms with Gasteiger partial charge in [-0.05, 0) is 36.4 Å². The zero-order chi connectivity index (χ0) is 12.3. The van der Waals surface area contributed by atoms with Crippen molar-refractivity contribution in [1.82, 2.24) is 0 Å². The summed E-state index contributed by atoms with van der Waals surface area (Å²) in [5.74, 6) is -1.27. The van der Waals surface area contributed by atoms with Crippen molar-refractivity contribution >= 4 is 17.7 Å². The summed E-state index contributed by atoms with van der Waals surface area (Å²) in [6, 6.07) is 12.7. The number of rotatable bonds is 3.